The molecule has 0 amide bonds. The average molecular weight is 418 g/mol. The molecule has 150 valence electrons. The first-order valence-corrected chi connectivity index (χ1v) is 10.6. The fourth-order valence-electron chi connectivity index (χ4n) is 3.70. The highest BCUT2D eigenvalue weighted by Crippen LogP contribution is 2.45. The van der Waals surface area contributed by atoms with Gasteiger partial charge >= 0.3 is 0 Å². The van der Waals surface area contributed by atoms with E-state index in [9.17, 15) is 4.39 Å². The van der Waals surface area contributed by atoms with Crippen molar-refractivity contribution in [3.05, 3.63) is 95.5 Å². The Morgan fingerprint density at radius 2 is 1.83 bits per heavy atom. The molecule has 6 heteroatoms. The minimum absolute atomic E-state index is 0.130. The highest BCUT2D eigenvalue weighted by Gasteiger charge is 2.39. The van der Waals surface area contributed by atoms with E-state index < -0.39 is 6.04 Å². The highest BCUT2D eigenvalue weighted by molar-refractivity contribution is 7.21. The number of pyridine rings is 1. The molecule has 0 spiro atoms. The summed E-state index contributed by atoms with van der Waals surface area (Å²) >= 11 is 1.39. The molecule has 0 fully saturated rings. The van der Waals surface area contributed by atoms with E-state index in [2.05, 4.69) is 29.3 Å². The lowest BCUT2D eigenvalue weighted by molar-refractivity contribution is 0.265. The van der Waals surface area contributed by atoms with Crippen molar-refractivity contribution in [3.63, 3.8) is 0 Å². The van der Waals surface area contributed by atoms with E-state index in [1.807, 2.05) is 36.4 Å². The quantitative estimate of drug-likeness (QED) is 0.461. The second-order valence-electron chi connectivity index (χ2n) is 7.57. The van der Waals surface area contributed by atoms with Crippen LogP contribution in [-0.4, -0.2) is 27.7 Å². The van der Waals surface area contributed by atoms with Crippen LogP contribution >= 0.6 is 11.3 Å². The van der Waals surface area contributed by atoms with Crippen molar-refractivity contribution < 1.29 is 9.50 Å². The van der Waals surface area contributed by atoms with Gasteiger partial charge in [-0.25, -0.2) is 14.4 Å². The van der Waals surface area contributed by atoms with Crippen LogP contribution in [0.3, 0.4) is 0 Å². The maximum absolute atomic E-state index is 14.8. The summed E-state index contributed by atoms with van der Waals surface area (Å²) in [5.74, 6) is -0.346. The van der Waals surface area contributed by atoms with Crippen LogP contribution in [0.15, 0.2) is 72.8 Å². The van der Waals surface area contributed by atoms with Gasteiger partial charge < -0.3 is 10.8 Å². The Labute approximate surface area is 177 Å². The van der Waals surface area contributed by atoms with Crippen LogP contribution in [0.4, 0.5) is 4.39 Å². The van der Waals surface area contributed by atoms with Crippen LogP contribution in [0.25, 0.3) is 20.9 Å². The van der Waals surface area contributed by atoms with Crippen molar-refractivity contribution in [2.75, 3.05) is 6.61 Å². The van der Waals surface area contributed by atoms with Crippen LogP contribution in [0.1, 0.15) is 16.8 Å². The van der Waals surface area contributed by atoms with Crippen LogP contribution in [0.2, 0.25) is 0 Å². The van der Waals surface area contributed by atoms with E-state index in [4.69, 9.17) is 15.8 Å². The second-order valence-corrected chi connectivity index (χ2v) is 8.55. The van der Waals surface area contributed by atoms with Gasteiger partial charge in [-0.05, 0) is 41.8 Å². The number of hydrogen-bond acceptors (Lipinski definition) is 5. The fourth-order valence-corrected chi connectivity index (χ4v) is 4.66. The van der Waals surface area contributed by atoms with Gasteiger partial charge in [-0.15, -0.1) is 0 Å². The lowest BCUT2D eigenvalue weighted by Gasteiger charge is -2.15. The van der Waals surface area contributed by atoms with Crippen LogP contribution in [-0.2, 0) is 11.8 Å². The van der Waals surface area contributed by atoms with Gasteiger partial charge in [0.15, 0.2) is 0 Å². The summed E-state index contributed by atoms with van der Waals surface area (Å²) in [5.41, 5.74) is 9.60. The van der Waals surface area contributed by atoms with Crippen LogP contribution in [0.5, 0.6) is 0 Å². The Kier molecular flexibility index (Phi) is 4.70. The predicted octanol–water partition coefficient (Wildman–Crippen LogP) is 4.22. The maximum Gasteiger partial charge on any atom is 0.144 e. The SMILES string of the molecule is NC(CO)Cc1ccc(-c2nc3ccc(C4(c5ccccc5)C=C4)nc3s2)c(F)c1. The zero-order valence-corrected chi connectivity index (χ0v) is 16.9. The topological polar surface area (TPSA) is 72.0 Å². The third kappa shape index (κ3) is 3.33. The number of aromatic nitrogens is 2. The molecule has 2 aromatic heterocycles. The smallest absolute Gasteiger partial charge is 0.144 e. The molecule has 5 rings (SSSR count). The summed E-state index contributed by atoms with van der Waals surface area (Å²) in [7, 11) is 0. The molecule has 0 radical (unpaired) electrons. The Hall–Kier alpha value is -2.93. The summed E-state index contributed by atoms with van der Waals surface area (Å²) in [6.45, 7) is -0.130. The van der Waals surface area contributed by atoms with E-state index in [0.29, 0.717) is 17.0 Å². The fraction of sp³-hybridized carbons (Fsp3) is 0.167. The Balaban J connectivity index is 1.48. The van der Waals surface area contributed by atoms with Crippen molar-refractivity contribution in [2.45, 2.75) is 17.9 Å². The normalized spacial score (nSPS) is 15.4. The van der Waals surface area contributed by atoms with Gasteiger partial charge in [-0.3, -0.25) is 0 Å². The minimum Gasteiger partial charge on any atom is -0.395 e. The highest BCUT2D eigenvalue weighted by atomic mass is 32.1. The zero-order chi connectivity index (χ0) is 20.7. The molecular weight excluding hydrogens is 397 g/mol. The molecule has 0 bridgehead atoms. The van der Waals surface area contributed by atoms with Crippen LogP contribution in [0, 0.1) is 5.82 Å². The summed E-state index contributed by atoms with van der Waals surface area (Å²) in [6, 6.07) is 18.8. The number of hydrogen-bond donors (Lipinski definition) is 2. The van der Waals surface area contributed by atoms with Gasteiger partial charge in [-0.2, -0.15) is 0 Å². The molecule has 0 saturated carbocycles. The molecule has 0 saturated heterocycles. The Morgan fingerprint density at radius 3 is 2.53 bits per heavy atom. The average Bonchev–Trinajstić information content (AvgIpc) is 3.47. The number of fused-ring (bicyclic) bond motifs is 1. The van der Waals surface area contributed by atoms with Crippen molar-refractivity contribution >= 4 is 21.7 Å². The lowest BCUT2D eigenvalue weighted by Crippen LogP contribution is -2.26. The van der Waals surface area contributed by atoms with Gasteiger partial charge in [0.05, 0.1) is 17.7 Å². The maximum atomic E-state index is 14.8. The molecule has 4 aromatic rings. The van der Waals surface area contributed by atoms with E-state index in [0.717, 1.165) is 21.6 Å². The van der Waals surface area contributed by atoms with E-state index in [1.54, 1.807) is 6.07 Å². The number of allylic oxidation sites excluding steroid dienone is 2. The van der Waals surface area contributed by atoms with Gasteiger partial charge in [0.25, 0.3) is 0 Å². The number of rotatable bonds is 6. The lowest BCUT2D eigenvalue weighted by atomic mass is 9.89. The van der Waals surface area contributed by atoms with Crippen molar-refractivity contribution in [3.8, 4) is 10.6 Å². The monoisotopic (exact) mass is 417 g/mol. The molecule has 2 heterocycles. The third-order valence-electron chi connectivity index (χ3n) is 5.43. The number of aliphatic hydroxyl groups is 1. The standard InChI is InChI=1S/C24H20FN3OS/c25-19-13-15(12-17(26)14-29)6-7-18(19)22-27-20-8-9-21(28-23(20)30-22)24(10-11-24)16-4-2-1-3-5-16/h1-11,13,17,29H,12,14,26H2. The third-order valence-corrected chi connectivity index (χ3v) is 6.43. The molecule has 1 unspecified atom stereocenters. The zero-order valence-electron chi connectivity index (χ0n) is 16.1. The predicted molar refractivity (Wildman–Crippen MR) is 118 cm³/mol. The molecule has 1 atom stereocenters. The van der Waals surface area contributed by atoms with Crippen molar-refractivity contribution in [2.24, 2.45) is 5.73 Å². The van der Waals surface area contributed by atoms with Crippen LogP contribution < -0.4 is 5.73 Å². The number of halogens is 1. The number of thiazole rings is 1. The largest absolute Gasteiger partial charge is 0.395 e. The van der Waals surface area contributed by atoms with Gasteiger partial charge in [0, 0.05) is 11.6 Å². The van der Waals surface area contributed by atoms with E-state index in [1.165, 1.54) is 23.0 Å². The molecule has 30 heavy (non-hydrogen) atoms. The van der Waals surface area contributed by atoms with E-state index >= 15 is 0 Å². The van der Waals surface area contributed by atoms with Crippen molar-refractivity contribution in [1.29, 1.82) is 0 Å². The number of benzene rings is 2. The summed E-state index contributed by atoms with van der Waals surface area (Å²) < 4.78 is 14.8. The molecule has 1 aliphatic carbocycles. The number of aliphatic hydroxyl groups excluding tert-OH is 1. The molecule has 2 aromatic carbocycles. The van der Waals surface area contributed by atoms with Gasteiger partial charge in [0.2, 0.25) is 0 Å². The molecular formula is C24H20FN3OS. The number of nitrogens with zero attached hydrogens (tertiary/aromatic N) is 2. The first-order valence-electron chi connectivity index (χ1n) is 9.78. The minimum atomic E-state index is -0.395. The molecule has 0 aliphatic heterocycles. The first-order chi connectivity index (χ1) is 14.6. The molecule has 3 N–H and O–H groups in total. The second kappa shape index (κ2) is 7.40. The summed E-state index contributed by atoms with van der Waals surface area (Å²) in [5, 5.41) is 9.70. The molecule has 4 nitrogen and oxygen atoms in total. The van der Waals surface area contributed by atoms with Gasteiger partial charge in [-0.1, -0.05) is 59.9 Å². The summed E-state index contributed by atoms with van der Waals surface area (Å²) in [4.78, 5) is 10.2. The molecule has 1 aliphatic rings. The van der Waals surface area contributed by atoms with E-state index in [-0.39, 0.29) is 17.8 Å². The first kappa shape index (κ1) is 19.1. The Bertz CT molecular complexity index is 1250. The van der Waals surface area contributed by atoms with Gasteiger partial charge in [0.1, 0.15) is 21.2 Å². The summed E-state index contributed by atoms with van der Waals surface area (Å²) in [6.07, 6.45) is 4.72. The number of nitrogens with two attached hydrogens (primary N) is 1. The Morgan fingerprint density at radius 1 is 1.03 bits per heavy atom. The van der Waals surface area contributed by atoms with Crippen molar-refractivity contribution in [1.82, 2.24) is 9.97 Å².